The minimum absolute atomic E-state index is 0.0129. The van der Waals surface area contributed by atoms with E-state index in [2.05, 4.69) is 17.2 Å². The minimum Gasteiger partial charge on any atom is -0.451 e. The highest BCUT2D eigenvalue weighted by Gasteiger charge is 2.54. The SMILES string of the molecule is C=C/C=c1/cc(C(=O)NCC2CC23CCN(C(=O)c2cccc(NC(C)=O)c2)CC3)o/c1=C/C.CC. The summed E-state index contributed by atoms with van der Waals surface area (Å²) in [6.45, 7) is 13.0. The Kier molecular flexibility index (Phi) is 8.91. The lowest BCUT2D eigenvalue weighted by molar-refractivity contribution is -0.114. The Bertz CT molecular complexity index is 1240. The van der Waals surface area contributed by atoms with Crippen LogP contribution in [0.4, 0.5) is 5.69 Å². The fraction of sp³-hybridized carbons (Fsp3) is 0.414. The van der Waals surface area contributed by atoms with Gasteiger partial charge in [0.15, 0.2) is 5.76 Å². The number of amides is 3. The molecule has 1 saturated carbocycles. The second kappa shape index (κ2) is 11.9. The molecule has 2 aliphatic rings. The second-order valence-electron chi connectivity index (χ2n) is 9.15. The summed E-state index contributed by atoms with van der Waals surface area (Å²) in [5.74, 6) is 0.339. The molecular weight excluding hydrogens is 454 g/mol. The van der Waals surface area contributed by atoms with Crippen molar-refractivity contribution >= 4 is 35.6 Å². The number of hydrogen-bond acceptors (Lipinski definition) is 4. The number of nitrogens with zero attached hydrogens (tertiary/aromatic N) is 1. The van der Waals surface area contributed by atoms with Gasteiger partial charge in [-0.1, -0.05) is 38.6 Å². The van der Waals surface area contributed by atoms with Crippen molar-refractivity contribution in [3.8, 4) is 0 Å². The van der Waals surface area contributed by atoms with Crippen LogP contribution in [-0.4, -0.2) is 42.3 Å². The van der Waals surface area contributed by atoms with Crippen molar-refractivity contribution in [1.29, 1.82) is 0 Å². The van der Waals surface area contributed by atoms with E-state index in [0.29, 0.717) is 48.0 Å². The van der Waals surface area contributed by atoms with Crippen molar-refractivity contribution in [2.24, 2.45) is 11.3 Å². The molecule has 1 aromatic heterocycles. The van der Waals surface area contributed by atoms with Crippen LogP contribution in [0.1, 0.15) is 67.9 Å². The van der Waals surface area contributed by atoms with Gasteiger partial charge in [0.25, 0.3) is 11.8 Å². The Morgan fingerprint density at radius 2 is 1.92 bits per heavy atom. The molecule has 3 amide bonds. The number of nitrogens with one attached hydrogen (secondary N) is 2. The first-order chi connectivity index (χ1) is 17.3. The van der Waals surface area contributed by atoms with Crippen molar-refractivity contribution < 1.29 is 18.8 Å². The van der Waals surface area contributed by atoms with E-state index in [1.54, 1.807) is 36.4 Å². The third-order valence-corrected chi connectivity index (χ3v) is 6.92. The topological polar surface area (TPSA) is 91.7 Å². The van der Waals surface area contributed by atoms with Gasteiger partial charge in [-0.15, -0.1) is 0 Å². The number of hydrogen-bond donors (Lipinski definition) is 2. The van der Waals surface area contributed by atoms with Gasteiger partial charge in [-0.25, -0.2) is 0 Å². The highest BCUT2D eigenvalue weighted by Crippen LogP contribution is 2.59. The third kappa shape index (κ3) is 6.14. The first-order valence-corrected chi connectivity index (χ1v) is 12.7. The van der Waals surface area contributed by atoms with Crippen LogP contribution < -0.4 is 21.3 Å². The summed E-state index contributed by atoms with van der Waals surface area (Å²) in [7, 11) is 0. The highest BCUT2D eigenvalue weighted by atomic mass is 16.3. The molecule has 1 aliphatic carbocycles. The quantitative estimate of drug-likeness (QED) is 0.645. The van der Waals surface area contributed by atoms with Gasteiger partial charge in [0.2, 0.25) is 5.91 Å². The van der Waals surface area contributed by atoms with Crippen LogP contribution in [0.25, 0.3) is 12.2 Å². The number of allylic oxidation sites excluding steroid dienone is 1. The number of furan rings is 1. The summed E-state index contributed by atoms with van der Waals surface area (Å²) in [6.07, 6.45) is 8.24. The van der Waals surface area contributed by atoms with E-state index < -0.39 is 0 Å². The van der Waals surface area contributed by atoms with Crippen LogP contribution in [0.15, 0.2) is 47.4 Å². The summed E-state index contributed by atoms with van der Waals surface area (Å²) in [6, 6.07) is 8.79. The maximum atomic E-state index is 13.0. The van der Waals surface area contributed by atoms with E-state index >= 15 is 0 Å². The summed E-state index contributed by atoms with van der Waals surface area (Å²) in [4.78, 5) is 38.7. The van der Waals surface area contributed by atoms with E-state index in [0.717, 1.165) is 24.5 Å². The highest BCUT2D eigenvalue weighted by molar-refractivity contribution is 5.97. The molecule has 2 fully saturated rings. The standard InChI is InChI=1S/C27H31N3O4.C2H6/c1-4-7-19-15-24(34-23(19)5-2)25(32)28-17-21-16-27(21)10-12-30(13-11-27)26(33)20-8-6-9-22(14-20)29-18(3)31;1-2/h4-9,14-15,21H,1,10-13,16-17H2,2-3H3,(H,28,32)(H,29,31);1-2H3/b19-7-,23-5+;. The number of rotatable bonds is 6. The Hall–Kier alpha value is -3.61. The molecule has 7 nitrogen and oxygen atoms in total. The maximum Gasteiger partial charge on any atom is 0.287 e. The average Bonchev–Trinajstić information content (AvgIpc) is 3.38. The number of carbonyl (C=O) groups is 3. The molecule has 1 aliphatic heterocycles. The minimum atomic E-state index is -0.208. The largest absolute Gasteiger partial charge is 0.451 e. The summed E-state index contributed by atoms with van der Waals surface area (Å²) in [5.41, 5.74) is 2.07. The van der Waals surface area contributed by atoms with Gasteiger partial charge in [0.05, 0.1) is 0 Å². The first kappa shape index (κ1) is 27.0. The molecule has 192 valence electrons. The third-order valence-electron chi connectivity index (χ3n) is 6.92. The van der Waals surface area contributed by atoms with Gasteiger partial charge in [-0.05, 0) is 67.9 Å². The molecule has 36 heavy (non-hydrogen) atoms. The summed E-state index contributed by atoms with van der Waals surface area (Å²) >= 11 is 0. The second-order valence-corrected chi connectivity index (χ2v) is 9.15. The summed E-state index contributed by atoms with van der Waals surface area (Å²) in [5, 5.41) is 6.58. The smallest absolute Gasteiger partial charge is 0.287 e. The van der Waals surface area contributed by atoms with Crippen LogP contribution in [0.2, 0.25) is 0 Å². The van der Waals surface area contributed by atoms with Crippen molar-refractivity contribution in [3.05, 3.63) is 64.9 Å². The number of piperidine rings is 1. The van der Waals surface area contributed by atoms with Gasteiger partial charge < -0.3 is 20.0 Å². The zero-order chi connectivity index (χ0) is 26.3. The molecule has 2 aromatic rings. The van der Waals surface area contributed by atoms with Gasteiger partial charge in [-0.3, -0.25) is 14.4 Å². The Morgan fingerprint density at radius 1 is 1.19 bits per heavy atom. The lowest BCUT2D eigenvalue weighted by Gasteiger charge is -2.33. The van der Waals surface area contributed by atoms with Gasteiger partial charge >= 0.3 is 0 Å². The molecule has 1 aromatic carbocycles. The van der Waals surface area contributed by atoms with Crippen molar-refractivity contribution in [1.82, 2.24) is 10.2 Å². The van der Waals surface area contributed by atoms with Crippen LogP contribution >= 0.6 is 0 Å². The van der Waals surface area contributed by atoms with Gasteiger partial charge in [-0.2, -0.15) is 0 Å². The molecule has 1 saturated heterocycles. The van der Waals surface area contributed by atoms with Crippen molar-refractivity contribution in [2.75, 3.05) is 25.0 Å². The monoisotopic (exact) mass is 491 g/mol. The molecule has 0 bridgehead atoms. The predicted octanol–water partition coefficient (Wildman–Crippen LogP) is 3.70. The zero-order valence-corrected chi connectivity index (χ0v) is 21.7. The van der Waals surface area contributed by atoms with Crippen LogP contribution in [0.5, 0.6) is 0 Å². The van der Waals surface area contributed by atoms with E-state index in [9.17, 15) is 14.4 Å². The van der Waals surface area contributed by atoms with E-state index in [-0.39, 0.29) is 23.1 Å². The maximum absolute atomic E-state index is 13.0. The fourth-order valence-corrected chi connectivity index (χ4v) is 4.92. The Balaban J connectivity index is 0.00000176. The molecule has 1 spiro atoms. The normalized spacial score (nSPS) is 18.8. The van der Waals surface area contributed by atoms with Crippen LogP contribution in [-0.2, 0) is 4.79 Å². The molecule has 7 heteroatoms. The number of carbonyl (C=O) groups excluding carboxylic acids is 3. The lowest BCUT2D eigenvalue weighted by Crippen LogP contribution is -2.40. The number of anilines is 1. The molecular formula is C29H37N3O4. The van der Waals surface area contributed by atoms with E-state index in [1.807, 2.05) is 37.8 Å². The number of likely N-dealkylation sites (tertiary alicyclic amines) is 1. The molecule has 2 N–H and O–H groups in total. The average molecular weight is 492 g/mol. The lowest BCUT2D eigenvalue weighted by atomic mass is 9.90. The van der Waals surface area contributed by atoms with Crippen molar-refractivity contribution in [3.63, 3.8) is 0 Å². The van der Waals surface area contributed by atoms with Gasteiger partial charge in [0.1, 0.15) is 5.42 Å². The molecule has 1 unspecified atom stereocenters. The van der Waals surface area contributed by atoms with Crippen LogP contribution in [0, 0.1) is 11.3 Å². The Labute approximate surface area is 212 Å². The van der Waals surface area contributed by atoms with E-state index in [1.165, 1.54) is 6.92 Å². The Morgan fingerprint density at radius 3 is 2.56 bits per heavy atom. The zero-order valence-electron chi connectivity index (χ0n) is 21.7. The van der Waals surface area contributed by atoms with E-state index in [4.69, 9.17) is 4.42 Å². The molecule has 4 rings (SSSR count). The van der Waals surface area contributed by atoms with Crippen LogP contribution in [0.3, 0.4) is 0 Å². The molecule has 0 radical (unpaired) electrons. The first-order valence-electron chi connectivity index (χ1n) is 12.7. The van der Waals surface area contributed by atoms with Gasteiger partial charge in [0, 0.05) is 43.0 Å². The summed E-state index contributed by atoms with van der Waals surface area (Å²) < 4.78 is 5.67. The fourth-order valence-electron chi connectivity index (χ4n) is 4.92. The predicted molar refractivity (Wildman–Crippen MR) is 143 cm³/mol. The number of benzene rings is 1. The molecule has 2 heterocycles. The van der Waals surface area contributed by atoms with Crippen molar-refractivity contribution in [2.45, 2.75) is 47.0 Å². The molecule has 1 atom stereocenters.